The molecule has 0 saturated carbocycles. The number of benzene rings is 1. The molecule has 0 spiro atoms. The molecule has 21 heavy (non-hydrogen) atoms. The van der Waals surface area contributed by atoms with E-state index in [1.54, 1.807) is 19.1 Å². The number of carbonyl (C=O) groups excluding carboxylic acids is 1. The van der Waals surface area contributed by atoms with E-state index in [0.717, 1.165) is 17.7 Å². The lowest BCUT2D eigenvalue weighted by atomic mass is 10.2. The van der Waals surface area contributed by atoms with Crippen molar-refractivity contribution >= 4 is 5.91 Å². The zero-order valence-corrected chi connectivity index (χ0v) is 13.2. The van der Waals surface area contributed by atoms with Crippen LogP contribution in [0.1, 0.15) is 18.4 Å². The zero-order chi connectivity index (χ0) is 15.7. The molecule has 0 aliphatic rings. The Morgan fingerprint density at radius 3 is 2.71 bits per heavy atom. The number of nitrogens with two attached hydrogens (primary N) is 1. The first-order valence-corrected chi connectivity index (χ1v) is 7.23. The molecule has 0 aliphatic heterocycles. The largest absolute Gasteiger partial charge is 0.493 e. The van der Waals surface area contributed by atoms with Gasteiger partial charge in [0.1, 0.15) is 5.75 Å². The van der Waals surface area contributed by atoms with E-state index in [9.17, 15) is 4.79 Å². The highest BCUT2D eigenvalue weighted by Crippen LogP contribution is 2.16. The van der Waals surface area contributed by atoms with E-state index in [1.165, 1.54) is 0 Å². The highest BCUT2D eigenvalue weighted by molar-refractivity contribution is 5.76. The van der Waals surface area contributed by atoms with Crippen LogP contribution in [-0.2, 0) is 9.53 Å². The second-order valence-electron chi connectivity index (χ2n) is 5.08. The molecule has 118 valence electrons. The van der Waals surface area contributed by atoms with E-state index >= 15 is 0 Å². The summed E-state index contributed by atoms with van der Waals surface area (Å²) in [6.45, 7) is 3.62. The summed E-state index contributed by atoms with van der Waals surface area (Å²) in [6, 6.07) is 7.91. The predicted octanol–water partition coefficient (Wildman–Crippen LogP) is 1.59. The average molecular weight is 294 g/mol. The monoisotopic (exact) mass is 294 g/mol. The fraction of sp³-hybridized carbons (Fsp3) is 0.562. The maximum atomic E-state index is 11.9. The Morgan fingerprint density at radius 2 is 2.10 bits per heavy atom. The van der Waals surface area contributed by atoms with Gasteiger partial charge in [-0.25, -0.2) is 0 Å². The molecular formula is C16H26N2O3. The normalized spacial score (nSPS) is 12.0. The van der Waals surface area contributed by atoms with Crippen LogP contribution >= 0.6 is 0 Å². The molecule has 0 bridgehead atoms. The third-order valence-electron chi connectivity index (χ3n) is 3.41. The van der Waals surface area contributed by atoms with Gasteiger partial charge in [0.05, 0.1) is 19.1 Å². The molecule has 0 aromatic heterocycles. The van der Waals surface area contributed by atoms with E-state index in [2.05, 4.69) is 0 Å². The molecule has 1 rings (SSSR count). The molecule has 1 aromatic rings. The number of aryl methyl sites for hydroxylation is 1. The van der Waals surface area contributed by atoms with Crippen molar-refractivity contribution in [2.24, 2.45) is 5.73 Å². The van der Waals surface area contributed by atoms with Crippen molar-refractivity contribution in [2.45, 2.75) is 25.9 Å². The second-order valence-corrected chi connectivity index (χ2v) is 5.08. The number of ether oxygens (including phenoxy) is 2. The van der Waals surface area contributed by atoms with Gasteiger partial charge in [-0.2, -0.15) is 0 Å². The number of nitrogens with zero attached hydrogens (tertiary/aromatic N) is 1. The van der Waals surface area contributed by atoms with Crippen LogP contribution in [0.5, 0.6) is 5.75 Å². The highest BCUT2D eigenvalue weighted by Gasteiger charge is 2.14. The Bertz CT molecular complexity index is 433. The van der Waals surface area contributed by atoms with Crippen molar-refractivity contribution in [1.82, 2.24) is 4.90 Å². The lowest BCUT2D eigenvalue weighted by Crippen LogP contribution is -2.34. The lowest BCUT2D eigenvalue weighted by molar-refractivity contribution is -0.132. The molecule has 5 nitrogen and oxygen atoms in total. The Hall–Kier alpha value is -1.59. The van der Waals surface area contributed by atoms with Gasteiger partial charge in [-0.15, -0.1) is 0 Å². The van der Waals surface area contributed by atoms with E-state index in [4.69, 9.17) is 15.2 Å². The Kier molecular flexibility index (Phi) is 7.79. The standard InChI is InChI=1S/C16H26N2O3/c1-13-7-4-5-8-15(13)21-10-6-9-18(2)16(19)11-14(12-17)20-3/h4-5,7-8,14H,6,9-12,17H2,1-3H3. The van der Waals surface area contributed by atoms with Gasteiger partial charge < -0.3 is 20.1 Å². The highest BCUT2D eigenvalue weighted by atomic mass is 16.5. The first-order chi connectivity index (χ1) is 10.1. The summed E-state index contributed by atoms with van der Waals surface area (Å²) in [5.74, 6) is 0.942. The van der Waals surface area contributed by atoms with Crippen molar-refractivity contribution in [3.63, 3.8) is 0 Å². The quantitative estimate of drug-likeness (QED) is 0.702. The van der Waals surface area contributed by atoms with Crippen LogP contribution in [-0.4, -0.2) is 50.8 Å². The first-order valence-electron chi connectivity index (χ1n) is 7.23. The third kappa shape index (κ3) is 6.14. The molecule has 1 unspecified atom stereocenters. The molecule has 1 atom stereocenters. The second kappa shape index (κ2) is 9.37. The summed E-state index contributed by atoms with van der Waals surface area (Å²) in [4.78, 5) is 13.6. The van der Waals surface area contributed by atoms with E-state index in [-0.39, 0.29) is 12.0 Å². The molecule has 0 aliphatic carbocycles. The molecule has 0 heterocycles. The molecule has 0 radical (unpaired) electrons. The van der Waals surface area contributed by atoms with Crippen LogP contribution in [0.15, 0.2) is 24.3 Å². The van der Waals surface area contributed by atoms with Gasteiger partial charge in [-0.1, -0.05) is 18.2 Å². The minimum absolute atomic E-state index is 0.0446. The van der Waals surface area contributed by atoms with Crippen molar-refractivity contribution in [3.8, 4) is 5.75 Å². The van der Waals surface area contributed by atoms with Gasteiger partial charge in [0.15, 0.2) is 0 Å². The third-order valence-corrected chi connectivity index (χ3v) is 3.41. The molecular weight excluding hydrogens is 268 g/mol. The average Bonchev–Trinajstić information content (AvgIpc) is 2.50. The Balaban J connectivity index is 2.25. The van der Waals surface area contributed by atoms with E-state index in [1.807, 2.05) is 31.2 Å². The van der Waals surface area contributed by atoms with Crippen LogP contribution < -0.4 is 10.5 Å². The van der Waals surface area contributed by atoms with Gasteiger partial charge in [0, 0.05) is 27.2 Å². The molecule has 1 amide bonds. The number of methoxy groups -OCH3 is 1. The predicted molar refractivity (Wildman–Crippen MR) is 83.4 cm³/mol. The van der Waals surface area contributed by atoms with E-state index < -0.39 is 0 Å². The van der Waals surface area contributed by atoms with Crippen LogP contribution in [0.25, 0.3) is 0 Å². The van der Waals surface area contributed by atoms with Crippen molar-refractivity contribution in [1.29, 1.82) is 0 Å². The summed E-state index contributed by atoms with van der Waals surface area (Å²) in [7, 11) is 3.36. The zero-order valence-electron chi connectivity index (χ0n) is 13.2. The molecule has 0 fully saturated rings. The molecule has 0 saturated heterocycles. The fourth-order valence-electron chi connectivity index (χ4n) is 1.94. The first kappa shape index (κ1) is 17.5. The summed E-state index contributed by atoms with van der Waals surface area (Å²) >= 11 is 0. The molecule has 5 heteroatoms. The smallest absolute Gasteiger partial charge is 0.224 e. The topological polar surface area (TPSA) is 64.8 Å². The summed E-state index contributed by atoms with van der Waals surface area (Å²) < 4.78 is 10.8. The van der Waals surface area contributed by atoms with Crippen molar-refractivity contribution in [2.75, 3.05) is 33.9 Å². The van der Waals surface area contributed by atoms with E-state index in [0.29, 0.717) is 26.1 Å². The van der Waals surface area contributed by atoms with Gasteiger partial charge in [0.25, 0.3) is 0 Å². The maximum absolute atomic E-state index is 11.9. The van der Waals surface area contributed by atoms with Crippen LogP contribution in [0, 0.1) is 6.92 Å². The number of hydrogen-bond donors (Lipinski definition) is 1. The minimum Gasteiger partial charge on any atom is -0.493 e. The molecule has 1 aromatic carbocycles. The van der Waals surface area contributed by atoms with Crippen molar-refractivity contribution in [3.05, 3.63) is 29.8 Å². The Morgan fingerprint density at radius 1 is 1.38 bits per heavy atom. The van der Waals surface area contributed by atoms with Crippen LogP contribution in [0.3, 0.4) is 0 Å². The minimum atomic E-state index is -0.205. The number of para-hydroxylation sites is 1. The van der Waals surface area contributed by atoms with Crippen molar-refractivity contribution < 1.29 is 14.3 Å². The number of carbonyl (C=O) groups is 1. The van der Waals surface area contributed by atoms with Crippen LogP contribution in [0.2, 0.25) is 0 Å². The van der Waals surface area contributed by atoms with Gasteiger partial charge in [-0.3, -0.25) is 4.79 Å². The van der Waals surface area contributed by atoms with Gasteiger partial charge >= 0.3 is 0 Å². The van der Waals surface area contributed by atoms with Gasteiger partial charge in [-0.05, 0) is 25.0 Å². The number of amides is 1. The molecule has 2 N–H and O–H groups in total. The lowest BCUT2D eigenvalue weighted by Gasteiger charge is -2.20. The summed E-state index contributed by atoms with van der Waals surface area (Å²) in [5.41, 5.74) is 6.63. The Labute approximate surface area is 127 Å². The fourth-order valence-corrected chi connectivity index (χ4v) is 1.94. The number of hydrogen-bond acceptors (Lipinski definition) is 4. The summed E-state index contributed by atoms with van der Waals surface area (Å²) in [5, 5.41) is 0. The maximum Gasteiger partial charge on any atom is 0.224 e. The number of rotatable bonds is 9. The van der Waals surface area contributed by atoms with Crippen LogP contribution in [0.4, 0.5) is 0 Å². The SMILES string of the molecule is COC(CN)CC(=O)N(C)CCCOc1ccccc1C. The summed E-state index contributed by atoms with van der Waals surface area (Å²) in [6.07, 6.45) is 0.905. The van der Waals surface area contributed by atoms with Gasteiger partial charge in [0.2, 0.25) is 5.91 Å².